The molecule has 1 atom stereocenters. The summed E-state index contributed by atoms with van der Waals surface area (Å²) in [7, 11) is -4.16. The molecule has 1 aromatic carbocycles. The van der Waals surface area contributed by atoms with Crippen LogP contribution in [0.25, 0.3) is 0 Å². The molecule has 0 aliphatic carbocycles. The standard InChI is InChI=1S/C10H14ClNO3S/c1-7-2-3-8(9(11)6-7)4-5-10(12)16(13,14)15/h2-3,6,10H,4-5,12H2,1H3,(H,13,14,15). The van der Waals surface area contributed by atoms with Gasteiger partial charge in [0.25, 0.3) is 10.1 Å². The van der Waals surface area contributed by atoms with Gasteiger partial charge in [-0.15, -0.1) is 0 Å². The Kier molecular flexibility index (Phi) is 4.32. The smallest absolute Gasteiger partial charge is 0.280 e. The summed E-state index contributed by atoms with van der Waals surface area (Å²) in [6.07, 6.45) is 0.557. The third-order valence-corrected chi connectivity index (χ3v) is 3.64. The molecule has 0 fully saturated rings. The molecule has 0 aliphatic heterocycles. The predicted octanol–water partition coefficient (Wildman–Crippen LogP) is 1.75. The second kappa shape index (κ2) is 5.14. The topological polar surface area (TPSA) is 80.4 Å². The minimum atomic E-state index is -4.16. The molecule has 0 saturated heterocycles. The molecule has 0 saturated carbocycles. The van der Waals surface area contributed by atoms with E-state index in [4.69, 9.17) is 21.9 Å². The maximum Gasteiger partial charge on any atom is 0.280 e. The summed E-state index contributed by atoms with van der Waals surface area (Å²) in [5.41, 5.74) is 7.16. The van der Waals surface area contributed by atoms with Crippen molar-refractivity contribution in [2.75, 3.05) is 0 Å². The lowest BCUT2D eigenvalue weighted by molar-refractivity contribution is 0.463. The zero-order valence-electron chi connectivity index (χ0n) is 8.85. The van der Waals surface area contributed by atoms with E-state index >= 15 is 0 Å². The Labute approximate surface area is 100 Å². The van der Waals surface area contributed by atoms with Crippen LogP contribution >= 0.6 is 11.6 Å². The fourth-order valence-corrected chi connectivity index (χ4v) is 2.05. The van der Waals surface area contributed by atoms with Crippen LogP contribution in [0.1, 0.15) is 17.5 Å². The summed E-state index contributed by atoms with van der Waals surface area (Å²) in [4.78, 5) is 0. The molecule has 6 heteroatoms. The molecule has 4 nitrogen and oxygen atoms in total. The minimum Gasteiger partial charge on any atom is -0.313 e. The lowest BCUT2D eigenvalue weighted by Gasteiger charge is -2.09. The van der Waals surface area contributed by atoms with Crippen LogP contribution in [0.2, 0.25) is 5.02 Å². The van der Waals surface area contributed by atoms with Gasteiger partial charge in [-0.2, -0.15) is 8.42 Å². The zero-order valence-corrected chi connectivity index (χ0v) is 10.4. The first kappa shape index (κ1) is 13.4. The van der Waals surface area contributed by atoms with Gasteiger partial charge in [-0.05, 0) is 37.0 Å². The Morgan fingerprint density at radius 1 is 1.50 bits per heavy atom. The Bertz CT molecular complexity index is 473. The number of rotatable bonds is 4. The van der Waals surface area contributed by atoms with E-state index in [9.17, 15) is 8.42 Å². The van der Waals surface area contributed by atoms with Crippen molar-refractivity contribution in [1.29, 1.82) is 0 Å². The third kappa shape index (κ3) is 3.75. The van der Waals surface area contributed by atoms with Crippen molar-refractivity contribution in [3.8, 4) is 0 Å². The van der Waals surface area contributed by atoms with Crippen molar-refractivity contribution in [3.63, 3.8) is 0 Å². The highest BCUT2D eigenvalue weighted by molar-refractivity contribution is 7.86. The molecule has 1 rings (SSSR count). The van der Waals surface area contributed by atoms with E-state index in [1.807, 2.05) is 19.1 Å². The van der Waals surface area contributed by atoms with Crippen molar-refractivity contribution in [2.24, 2.45) is 5.73 Å². The van der Waals surface area contributed by atoms with Crippen molar-refractivity contribution in [2.45, 2.75) is 25.1 Å². The Hall–Kier alpha value is -0.620. The summed E-state index contributed by atoms with van der Waals surface area (Å²) in [6, 6.07) is 5.52. The van der Waals surface area contributed by atoms with Crippen LogP contribution in [-0.4, -0.2) is 18.3 Å². The van der Waals surface area contributed by atoms with Crippen LogP contribution < -0.4 is 5.73 Å². The summed E-state index contributed by atoms with van der Waals surface area (Å²) in [5, 5.41) is -0.674. The van der Waals surface area contributed by atoms with E-state index in [0.717, 1.165) is 11.1 Å². The molecular formula is C10H14ClNO3S. The molecule has 0 radical (unpaired) electrons. The maximum absolute atomic E-state index is 10.7. The van der Waals surface area contributed by atoms with Gasteiger partial charge in [0.15, 0.2) is 0 Å². The molecule has 16 heavy (non-hydrogen) atoms. The van der Waals surface area contributed by atoms with E-state index in [1.54, 1.807) is 6.07 Å². The molecule has 0 heterocycles. The van der Waals surface area contributed by atoms with Crippen molar-refractivity contribution in [3.05, 3.63) is 34.3 Å². The molecular weight excluding hydrogens is 250 g/mol. The number of benzene rings is 1. The highest BCUT2D eigenvalue weighted by atomic mass is 35.5. The van der Waals surface area contributed by atoms with E-state index in [2.05, 4.69) is 0 Å². The van der Waals surface area contributed by atoms with Gasteiger partial charge < -0.3 is 5.73 Å². The van der Waals surface area contributed by atoms with Gasteiger partial charge in [0.2, 0.25) is 0 Å². The molecule has 90 valence electrons. The van der Waals surface area contributed by atoms with Crippen LogP contribution in [0, 0.1) is 6.92 Å². The summed E-state index contributed by atoms with van der Waals surface area (Å²) in [5.74, 6) is 0. The Morgan fingerprint density at radius 2 is 2.12 bits per heavy atom. The molecule has 0 aliphatic rings. The number of nitrogens with two attached hydrogens (primary N) is 1. The van der Waals surface area contributed by atoms with E-state index in [-0.39, 0.29) is 6.42 Å². The van der Waals surface area contributed by atoms with Gasteiger partial charge in [-0.1, -0.05) is 23.7 Å². The monoisotopic (exact) mass is 263 g/mol. The first-order valence-corrected chi connectivity index (χ1v) is 6.65. The summed E-state index contributed by atoms with van der Waals surface area (Å²) >= 11 is 5.97. The van der Waals surface area contributed by atoms with E-state index in [0.29, 0.717) is 11.4 Å². The van der Waals surface area contributed by atoms with E-state index < -0.39 is 15.5 Å². The lowest BCUT2D eigenvalue weighted by Crippen LogP contribution is -2.30. The van der Waals surface area contributed by atoms with Crippen molar-refractivity contribution >= 4 is 21.7 Å². The zero-order chi connectivity index (χ0) is 12.3. The van der Waals surface area contributed by atoms with Gasteiger partial charge in [-0.25, -0.2) is 0 Å². The van der Waals surface area contributed by atoms with Crippen molar-refractivity contribution in [1.82, 2.24) is 0 Å². The summed E-state index contributed by atoms with van der Waals surface area (Å²) < 4.78 is 30.1. The maximum atomic E-state index is 10.7. The molecule has 1 aromatic rings. The van der Waals surface area contributed by atoms with Gasteiger partial charge in [0.05, 0.1) is 0 Å². The van der Waals surface area contributed by atoms with Crippen LogP contribution in [-0.2, 0) is 16.5 Å². The molecule has 1 unspecified atom stereocenters. The third-order valence-electron chi connectivity index (χ3n) is 2.29. The van der Waals surface area contributed by atoms with Crippen LogP contribution in [0.5, 0.6) is 0 Å². The molecule has 0 spiro atoms. The number of aryl methyl sites for hydroxylation is 2. The minimum absolute atomic E-state index is 0.140. The van der Waals surface area contributed by atoms with Crippen LogP contribution in [0.3, 0.4) is 0 Å². The number of halogens is 1. The predicted molar refractivity (Wildman–Crippen MR) is 64.0 cm³/mol. The highest BCUT2D eigenvalue weighted by Crippen LogP contribution is 2.19. The van der Waals surface area contributed by atoms with Gasteiger partial charge in [0, 0.05) is 5.02 Å². The van der Waals surface area contributed by atoms with Gasteiger partial charge in [-0.3, -0.25) is 4.55 Å². The second-order valence-electron chi connectivity index (χ2n) is 3.69. The molecule has 0 aromatic heterocycles. The second-order valence-corrected chi connectivity index (χ2v) is 5.73. The Morgan fingerprint density at radius 3 is 2.62 bits per heavy atom. The first-order valence-electron chi connectivity index (χ1n) is 4.77. The van der Waals surface area contributed by atoms with Crippen molar-refractivity contribution < 1.29 is 13.0 Å². The van der Waals surface area contributed by atoms with E-state index in [1.165, 1.54) is 0 Å². The van der Waals surface area contributed by atoms with Crippen LogP contribution in [0.4, 0.5) is 0 Å². The number of hydrogen-bond donors (Lipinski definition) is 2. The quantitative estimate of drug-likeness (QED) is 0.811. The SMILES string of the molecule is Cc1ccc(CCC(N)S(=O)(=O)O)c(Cl)c1. The lowest BCUT2D eigenvalue weighted by atomic mass is 10.1. The number of hydrogen-bond acceptors (Lipinski definition) is 3. The fraction of sp³-hybridized carbons (Fsp3) is 0.400. The molecule has 3 N–H and O–H groups in total. The molecule has 0 amide bonds. The Balaban J connectivity index is 2.69. The molecule has 0 bridgehead atoms. The van der Waals surface area contributed by atoms with Crippen LogP contribution in [0.15, 0.2) is 18.2 Å². The van der Waals surface area contributed by atoms with Gasteiger partial charge >= 0.3 is 0 Å². The summed E-state index contributed by atoms with van der Waals surface area (Å²) in [6.45, 7) is 1.92. The highest BCUT2D eigenvalue weighted by Gasteiger charge is 2.17. The largest absolute Gasteiger partial charge is 0.313 e. The fourth-order valence-electron chi connectivity index (χ4n) is 1.30. The average Bonchev–Trinajstić information content (AvgIpc) is 2.14. The average molecular weight is 264 g/mol. The van der Waals surface area contributed by atoms with Gasteiger partial charge in [0.1, 0.15) is 5.37 Å². The first-order chi connectivity index (χ1) is 7.30. The normalized spacial score (nSPS) is 13.8.